The van der Waals surface area contributed by atoms with Crippen molar-refractivity contribution in [3.63, 3.8) is 0 Å². The molecule has 0 saturated carbocycles. The number of hydrogen-bond donors (Lipinski definition) is 1. The Morgan fingerprint density at radius 1 is 1.25 bits per heavy atom. The normalized spacial score (nSPS) is 10.4. The average Bonchev–Trinajstić information content (AvgIpc) is 2.43. The van der Waals surface area contributed by atoms with E-state index in [0.29, 0.717) is 11.0 Å². The van der Waals surface area contributed by atoms with Gasteiger partial charge in [0.1, 0.15) is 5.02 Å². The minimum atomic E-state index is 0.557. The molecular weight excluding hydrogens is 272 g/mol. The fourth-order valence-electron chi connectivity index (χ4n) is 1.91. The number of aryl methyl sites for hydroxylation is 1. The van der Waals surface area contributed by atoms with Gasteiger partial charge in [0.25, 0.3) is 0 Å². The van der Waals surface area contributed by atoms with E-state index in [0.717, 1.165) is 18.9 Å². The standard InChI is InChI=1S/C15H19ClN4/c1-4-17-15-18-9-13(16)14(19-15)20(3)10-12-7-5-11(2)6-8-12/h5-9H,4,10H2,1-3H3,(H,17,18,19). The highest BCUT2D eigenvalue weighted by molar-refractivity contribution is 6.32. The molecule has 0 aliphatic carbocycles. The van der Waals surface area contributed by atoms with Gasteiger partial charge in [-0.25, -0.2) is 4.98 Å². The first kappa shape index (κ1) is 14.6. The van der Waals surface area contributed by atoms with Gasteiger partial charge >= 0.3 is 0 Å². The summed E-state index contributed by atoms with van der Waals surface area (Å²) in [6, 6.07) is 8.45. The van der Waals surface area contributed by atoms with Crippen LogP contribution in [0.3, 0.4) is 0 Å². The third kappa shape index (κ3) is 3.61. The summed E-state index contributed by atoms with van der Waals surface area (Å²) in [6.07, 6.45) is 1.63. The van der Waals surface area contributed by atoms with Crippen LogP contribution in [0.15, 0.2) is 30.5 Å². The molecule has 0 spiro atoms. The largest absolute Gasteiger partial charge is 0.354 e. The molecule has 1 aromatic carbocycles. The molecule has 0 atom stereocenters. The molecular formula is C15H19ClN4. The quantitative estimate of drug-likeness (QED) is 0.915. The molecule has 106 valence electrons. The van der Waals surface area contributed by atoms with Gasteiger partial charge < -0.3 is 10.2 Å². The number of nitrogens with one attached hydrogen (secondary N) is 1. The van der Waals surface area contributed by atoms with Crippen LogP contribution >= 0.6 is 11.6 Å². The Bertz CT molecular complexity index is 569. The van der Waals surface area contributed by atoms with Crippen molar-refractivity contribution in [2.45, 2.75) is 20.4 Å². The van der Waals surface area contributed by atoms with Crippen LogP contribution in [-0.2, 0) is 6.54 Å². The van der Waals surface area contributed by atoms with E-state index in [1.807, 2.05) is 18.9 Å². The summed E-state index contributed by atoms with van der Waals surface area (Å²) in [5.41, 5.74) is 2.48. The molecule has 20 heavy (non-hydrogen) atoms. The smallest absolute Gasteiger partial charge is 0.224 e. The molecule has 0 radical (unpaired) electrons. The minimum absolute atomic E-state index is 0.557. The lowest BCUT2D eigenvalue weighted by Crippen LogP contribution is -2.19. The lowest BCUT2D eigenvalue weighted by atomic mass is 10.1. The second-order valence-corrected chi connectivity index (χ2v) is 5.14. The van der Waals surface area contributed by atoms with Crippen molar-refractivity contribution >= 4 is 23.4 Å². The van der Waals surface area contributed by atoms with Gasteiger partial charge in [-0.15, -0.1) is 0 Å². The van der Waals surface area contributed by atoms with Crippen LogP contribution in [0.4, 0.5) is 11.8 Å². The highest BCUT2D eigenvalue weighted by Crippen LogP contribution is 2.24. The third-order valence-electron chi connectivity index (χ3n) is 2.96. The molecule has 0 fully saturated rings. The van der Waals surface area contributed by atoms with E-state index < -0.39 is 0 Å². The summed E-state index contributed by atoms with van der Waals surface area (Å²) >= 11 is 6.19. The monoisotopic (exact) mass is 290 g/mol. The molecule has 0 bridgehead atoms. The molecule has 0 aliphatic heterocycles. The molecule has 0 saturated heterocycles. The van der Waals surface area contributed by atoms with Crippen LogP contribution in [0.5, 0.6) is 0 Å². The molecule has 1 N–H and O–H groups in total. The topological polar surface area (TPSA) is 41.1 Å². The number of rotatable bonds is 5. The van der Waals surface area contributed by atoms with E-state index in [-0.39, 0.29) is 0 Å². The van der Waals surface area contributed by atoms with Crippen molar-refractivity contribution in [2.75, 3.05) is 23.8 Å². The molecule has 0 unspecified atom stereocenters. The second kappa shape index (κ2) is 6.57. The summed E-state index contributed by atoms with van der Waals surface area (Å²) in [5.74, 6) is 1.33. The molecule has 2 rings (SSSR count). The number of anilines is 2. The fourth-order valence-corrected chi connectivity index (χ4v) is 2.15. The number of hydrogen-bond acceptors (Lipinski definition) is 4. The van der Waals surface area contributed by atoms with Gasteiger partial charge in [-0.1, -0.05) is 41.4 Å². The fraction of sp³-hybridized carbons (Fsp3) is 0.333. The molecule has 0 aliphatic rings. The van der Waals surface area contributed by atoms with Gasteiger partial charge in [-0.3, -0.25) is 0 Å². The van der Waals surface area contributed by atoms with E-state index >= 15 is 0 Å². The zero-order valence-electron chi connectivity index (χ0n) is 12.0. The number of halogens is 1. The number of aromatic nitrogens is 2. The minimum Gasteiger partial charge on any atom is -0.354 e. The van der Waals surface area contributed by atoms with Gasteiger partial charge in [0.05, 0.1) is 6.20 Å². The predicted molar refractivity (Wildman–Crippen MR) is 84.5 cm³/mol. The van der Waals surface area contributed by atoms with Crippen molar-refractivity contribution in [2.24, 2.45) is 0 Å². The Morgan fingerprint density at radius 2 is 1.95 bits per heavy atom. The molecule has 5 heteroatoms. The maximum Gasteiger partial charge on any atom is 0.224 e. The average molecular weight is 291 g/mol. The van der Waals surface area contributed by atoms with E-state index in [2.05, 4.69) is 46.5 Å². The first-order chi connectivity index (χ1) is 9.60. The van der Waals surface area contributed by atoms with E-state index in [1.165, 1.54) is 11.1 Å². The van der Waals surface area contributed by atoms with Crippen LogP contribution in [0, 0.1) is 6.92 Å². The highest BCUT2D eigenvalue weighted by Gasteiger charge is 2.10. The van der Waals surface area contributed by atoms with Gasteiger partial charge in [0.15, 0.2) is 5.82 Å². The number of nitrogens with zero attached hydrogens (tertiary/aromatic N) is 3. The highest BCUT2D eigenvalue weighted by atomic mass is 35.5. The second-order valence-electron chi connectivity index (χ2n) is 4.74. The van der Waals surface area contributed by atoms with Crippen LogP contribution in [0.1, 0.15) is 18.1 Å². The zero-order valence-corrected chi connectivity index (χ0v) is 12.8. The molecule has 1 heterocycles. The van der Waals surface area contributed by atoms with Crippen molar-refractivity contribution < 1.29 is 0 Å². The van der Waals surface area contributed by atoms with Crippen LogP contribution in [-0.4, -0.2) is 23.6 Å². The van der Waals surface area contributed by atoms with Crippen molar-refractivity contribution in [1.29, 1.82) is 0 Å². The SMILES string of the molecule is CCNc1ncc(Cl)c(N(C)Cc2ccc(C)cc2)n1. The Morgan fingerprint density at radius 3 is 2.60 bits per heavy atom. The zero-order chi connectivity index (χ0) is 14.5. The van der Waals surface area contributed by atoms with E-state index in [4.69, 9.17) is 11.6 Å². The first-order valence-corrected chi connectivity index (χ1v) is 7.01. The van der Waals surface area contributed by atoms with Crippen LogP contribution in [0.2, 0.25) is 5.02 Å². The first-order valence-electron chi connectivity index (χ1n) is 6.63. The van der Waals surface area contributed by atoms with E-state index in [9.17, 15) is 0 Å². The van der Waals surface area contributed by atoms with Gasteiger partial charge in [-0.05, 0) is 19.4 Å². The summed E-state index contributed by atoms with van der Waals surface area (Å²) in [5, 5.41) is 3.65. The maximum atomic E-state index is 6.19. The summed E-state index contributed by atoms with van der Waals surface area (Å²) in [7, 11) is 1.98. The maximum absolute atomic E-state index is 6.19. The lowest BCUT2D eigenvalue weighted by Gasteiger charge is -2.20. The molecule has 1 aromatic heterocycles. The summed E-state index contributed by atoms with van der Waals surface area (Å²) < 4.78 is 0. The van der Waals surface area contributed by atoms with Crippen molar-refractivity contribution in [3.05, 3.63) is 46.6 Å². The molecule has 4 nitrogen and oxygen atoms in total. The Labute approximate surface area is 124 Å². The van der Waals surface area contributed by atoms with Crippen LogP contribution in [0.25, 0.3) is 0 Å². The van der Waals surface area contributed by atoms with Crippen LogP contribution < -0.4 is 10.2 Å². The Balaban J connectivity index is 2.17. The molecule has 2 aromatic rings. The summed E-state index contributed by atoms with van der Waals surface area (Å²) in [4.78, 5) is 10.6. The third-order valence-corrected chi connectivity index (χ3v) is 3.23. The van der Waals surface area contributed by atoms with E-state index in [1.54, 1.807) is 6.20 Å². The summed E-state index contributed by atoms with van der Waals surface area (Å²) in [6.45, 7) is 5.62. The molecule has 0 amide bonds. The van der Waals surface area contributed by atoms with Gasteiger partial charge in [0.2, 0.25) is 5.95 Å². The Hall–Kier alpha value is -1.81. The van der Waals surface area contributed by atoms with Crippen molar-refractivity contribution in [1.82, 2.24) is 9.97 Å². The van der Waals surface area contributed by atoms with Gasteiger partial charge in [0, 0.05) is 20.1 Å². The predicted octanol–water partition coefficient (Wildman–Crippen LogP) is 3.51. The lowest BCUT2D eigenvalue weighted by molar-refractivity contribution is 0.890. The van der Waals surface area contributed by atoms with Gasteiger partial charge in [-0.2, -0.15) is 4.98 Å². The number of benzene rings is 1. The Kier molecular flexibility index (Phi) is 4.79. The van der Waals surface area contributed by atoms with Crippen molar-refractivity contribution in [3.8, 4) is 0 Å².